The monoisotopic (exact) mass is 1710 g/mol. The molecule has 0 amide bonds. The summed E-state index contributed by atoms with van der Waals surface area (Å²) >= 11 is 0. The maximum atomic E-state index is 12.5. The zero-order valence-corrected chi connectivity index (χ0v) is 84.2. The predicted octanol–water partition coefficient (Wildman–Crippen LogP) is 42.8. The molecular formula is C117H216N2Ni. The van der Waals surface area contributed by atoms with E-state index in [0.717, 1.165) is 62.8 Å². The van der Waals surface area contributed by atoms with Crippen LogP contribution in [0.4, 0.5) is 0 Å². The molecule has 704 valence electrons. The summed E-state index contributed by atoms with van der Waals surface area (Å²) in [5.41, 5.74) is 24.1. The topological polar surface area (TPSA) is 25.3 Å². The van der Waals surface area contributed by atoms with E-state index in [1.54, 1.807) is 4.70 Å². The zero-order valence-electron chi connectivity index (χ0n) is 83.2. The molecule has 0 saturated heterocycles. The summed E-state index contributed by atoms with van der Waals surface area (Å²) in [5, 5.41) is 0. The third-order valence-electron chi connectivity index (χ3n) is 26.8. The van der Waals surface area contributed by atoms with Gasteiger partial charge >= 0.3 is 16.5 Å². The number of unbranched alkanes of at least 4 members (excludes halogenated alkanes) is 80. The Balaban J connectivity index is 0.00000244. The Morgan fingerprint density at radius 3 is 0.533 bits per heavy atom. The Morgan fingerprint density at radius 2 is 0.342 bits per heavy atom. The molecule has 0 N–H and O–H groups in total. The molecule has 3 heteroatoms. The number of rotatable bonds is 92. The molecule has 0 radical (unpaired) electrons. The summed E-state index contributed by atoms with van der Waals surface area (Å²) in [4.78, 5) is 0. The van der Waals surface area contributed by atoms with Crippen LogP contribution in [0.2, 0.25) is 0 Å². The van der Waals surface area contributed by atoms with Crippen molar-refractivity contribution in [2.24, 2.45) is 0 Å². The number of nitrogens with zero attached hydrogens (tertiary/aromatic N) is 2. The first-order valence-electron chi connectivity index (χ1n) is 55.7. The van der Waals surface area contributed by atoms with E-state index in [1.165, 1.54) is 578 Å². The second-order valence-corrected chi connectivity index (χ2v) is 38.8. The Labute approximate surface area is 767 Å². The molecule has 0 saturated carbocycles. The van der Waals surface area contributed by atoms with Crippen molar-refractivity contribution in [1.29, 1.82) is 0 Å². The average molecular weight is 1710 g/mol. The van der Waals surface area contributed by atoms with Crippen molar-refractivity contribution in [3.05, 3.63) is 101 Å². The number of hydrogen-bond donors (Lipinski definition) is 0. The number of benzene rings is 2. The van der Waals surface area contributed by atoms with Gasteiger partial charge in [-0.3, -0.25) is 0 Å². The third kappa shape index (κ3) is 77.2. The molecule has 0 fully saturated rings. The van der Waals surface area contributed by atoms with Crippen LogP contribution >= 0.6 is 0 Å². The summed E-state index contributed by atoms with van der Waals surface area (Å²) < 4.78 is 1.62. The van der Waals surface area contributed by atoms with Gasteiger partial charge in [-0.15, -0.1) is 0 Å². The van der Waals surface area contributed by atoms with Crippen molar-refractivity contribution >= 4 is 11.4 Å². The van der Waals surface area contributed by atoms with Gasteiger partial charge in [0.15, 0.2) is 0 Å². The van der Waals surface area contributed by atoms with E-state index in [-0.39, 0.29) is 16.5 Å². The fourth-order valence-electron chi connectivity index (χ4n) is 18.7. The second kappa shape index (κ2) is 97.6. The van der Waals surface area contributed by atoms with Crippen LogP contribution in [0.5, 0.6) is 0 Å². The molecule has 0 aliphatic carbocycles. The first kappa shape index (κ1) is 118. The van der Waals surface area contributed by atoms with E-state index >= 15 is 0 Å². The van der Waals surface area contributed by atoms with Crippen LogP contribution in [0.25, 0.3) is 16.9 Å². The van der Waals surface area contributed by atoms with E-state index in [2.05, 4.69) is 105 Å². The predicted molar refractivity (Wildman–Crippen MR) is 543 cm³/mol. The van der Waals surface area contributed by atoms with Gasteiger partial charge in [-0.1, -0.05) is 574 Å². The molecule has 1 aliphatic heterocycles. The van der Waals surface area contributed by atoms with E-state index < -0.39 is 0 Å². The van der Waals surface area contributed by atoms with E-state index in [4.69, 9.17) is 0 Å². The summed E-state index contributed by atoms with van der Waals surface area (Å²) in [5.74, 6) is 0. The van der Waals surface area contributed by atoms with Gasteiger partial charge in [-0.2, -0.15) is 12.8 Å². The van der Waals surface area contributed by atoms with Gasteiger partial charge in [0.1, 0.15) is 0 Å². The first-order chi connectivity index (χ1) is 58.9. The van der Waals surface area contributed by atoms with Gasteiger partial charge in [0.25, 0.3) is 0 Å². The molecule has 0 bridgehead atoms. The van der Waals surface area contributed by atoms with Crippen LogP contribution in [0.3, 0.4) is 0 Å². The number of hydrogen-bond acceptors (Lipinski definition) is 0. The minimum Gasteiger partial charge on any atom is -0.493 e. The Bertz CT molecular complexity index is 2340. The van der Waals surface area contributed by atoms with Crippen LogP contribution in [0.15, 0.2) is 48.0 Å². The molecular weight excluding hydrogens is 1490 g/mol. The van der Waals surface area contributed by atoms with Gasteiger partial charge in [0.2, 0.25) is 11.4 Å². The molecule has 0 unspecified atom stereocenters. The standard InChI is InChI=1S/C71H122N2.2C23H47.Ni/c1-6-11-16-18-20-22-24-26-28-30-32-34-36-38-40-42-44-49-53-64-56-63(51-46-13-8-3)58-68(59-64)70-62-67(55-48-15-10-5)71(73(70)72)69-60-65(52-47-14-9-4)57-66(61-69)54-50-45-43-41-39-37-35-33-31-29-27-25-23-21-19-17-12-7-2;2*1-3-5-7-9-11-13-15-17-19-21-23-22-20-18-16-14-12-10-8-6-4-2;/h56-62H,6-55H2,1-5H3;2*1,3-23H2,2H3;/q;2*-1;+2. The second-order valence-electron chi connectivity index (χ2n) is 38.8. The Kier molecular flexibility index (Phi) is 96.0. The van der Waals surface area contributed by atoms with Crippen molar-refractivity contribution < 1.29 is 21.2 Å². The maximum Gasteiger partial charge on any atom is 2.00 e. The molecule has 2 aromatic carbocycles. The van der Waals surface area contributed by atoms with E-state index in [0.29, 0.717) is 0 Å². The van der Waals surface area contributed by atoms with Crippen molar-refractivity contribution in [3.63, 3.8) is 0 Å². The fraction of sp³-hybridized carbons (Fsp3) is 0.846. The molecule has 120 heavy (non-hydrogen) atoms. The molecule has 0 atom stereocenters. The SMILES string of the molecule is CCCCCCCCCCCCCCCCCCCCc1cc(CCCCC)cc(C2=CC(CCCCC)=C(c3cc(CCCCC)cc(CCCCCCCCCCCCCCCCCCCC)c3)[N+]2=[N-])c1.[CH2-]CCCCCCCCCCCCCCCCCCCCCC.[CH2-]CCCCCCCCCCCCCCCCCCCCCC.[Ni+2]. The van der Waals surface area contributed by atoms with Crippen LogP contribution in [-0.4, -0.2) is 4.70 Å². The molecule has 2 aromatic rings. The summed E-state index contributed by atoms with van der Waals surface area (Å²) in [6.07, 6.45) is 131. The van der Waals surface area contributed by atoms with Crippen molar-refractivity contribution in [3.8, 4) is 0 Å². The van der Waals surface area contributed by atoms with Crippen LogP contribution < -0.4 is 0 Å². The van der Waals surface area contributed by atoms with Crippen LogP contribution in [-0.2, 0) is 42.2 Å². The van der Waals surface area contributed by atoms with Crippen LogP contribution in [0, 0.1) is 13.8 Å². The maximum absolute atomic E-state index is 12.5. The largest absolute Gasteiger partial charge is 2.00 e. The fourth-order valence-corrected chi connectivity index (χ4v) is 18.7. The molecule has 0 spiro atoms. The van der Waals surface area contributed by atoms with Crippen molar-refractivity contribution in [2.75, 3.05) is 0 Å². The summed E-state index contributed by atoms with van der Waals surface area (Å²) in [6.45, 7) is 24.0. The Morgan fingerprint density at radius 1 is 0.192 bits per heavy atom. The minimum atomic E-state index is 0. The molecule has 0 aromatic heterocycles. The molecule has 2 nitrogen and oxygen atoms in total. The molecule has 3 rings (SSSR count). The summed E-state index contributed by atoms with van der Waals surface area (Å²) in [6, 6.07) is 14.8. The van der Waals surface area contributed by atoms with Gasteiger partial charge in [0, 0.05) is 22.8 Å². The van der Waals surface area contributed by atoms with Crippen molar-refractivity contribution in [2.45, 2.75) is 639 Å². The Hall–Kier alpha value is -1.99. The average Bonchev–Trinajstić information content (AvgIpc) is 1.62. The van der Waals surface area contributed by atoms with Gasteiger partial charge in [0.05, 0.1) is 0 Å². The quantitative estimate of drug-likeness (QED) is 0.0273. The smallest absolute Gasteiger partial charge is 0.493 e. The number of allylic oxidation sites excluding steroid dienone is 2. The van der Waals surface area contributed by atoms with Gasteiger partial charge in [-0.05, 0) is 111 Å². The van der Waals surface area contributed by atoms with Gasteiger partial charge < -0.3 is 19.4 Å². The third-order valence-corrected chi connectivity index (χ3v) is 26.8. The number of aryl methyl sites for hydroxylation is 4. The van der Waals surface area contributed by atoms with Gasteiger partial charge in [-0.25, -0.2) is 4.70 Å². The normalized spacial score (nSPS) is 12.1. The van der Waals surface area contributed by atoms with E-state index in [9.17, 15) is 5.53 Å². The minimum absolute atomic E-state index is 0. The van der Waals surface area contributed by atoms with Crippen molar-refractivity contribution in [1.82, 2.24) is 0 Å². The first-order valence-corrected chi connectivity index (χ1v) is 55.7. The molecule has 1 heterocycles. The molecule has 1 aliphatic rings. The zero-order chi connectivity index (χ0) is 85.8. The van der Waals surface area contributed by atoms with Crippen LogP contribution in [0.1, 0.15) is 647 Å². The van der Waals surface area contributed by atoms with E-state index in [1.807, 2.05) is 0 Å². The summed E-state index contributed by atoms with van der Waals surface area (Å²) in [7, 11) is 0.